The Bertz CT molecular complexity index is 1950. The highest BCUT2D eigenvalue weighted by atomic mass is 16.3. The first-order valence-corrected chi connectivity index (χ1v) is 10.2. The zero-order valence-corrected chi connectivity index (χ0v) is 15.9. The van der Waals surface area contributed by atoms with Gasteiger partial charge in [-0.15, -0.1) is 0 Å². The number of para-hydroxylation sites is 2. The van der Waals surface area contributed by atoms with Gasteiger partial charge < -0.3 is 8.83 Å². The summed E-state index contributed by atoms with van der Waals surface area (Å²) in [6.45, 7) is 0. The molecule has 0 aliphatic rings. The minimum atomic E-state index is 0.933. The Balaban J connectivity index is 1.69. The predicted octanol–water partition coefficient (Wildman–Crippen LogP) is 8.38. The second-order valence-electron chi connectivity index (χ2n) is 8.12. The Morgan fingerprint density at radius 2 is 1.07 bits per heavy atom. The lowest BCUT2D eigenvalue weighted by Crippen LogP contribution is -1.85. The van der Waals surface area contributed by atoms with E-state index >= 15 is 0 Å². The largest absolute Gasteiger partial charge is 0.456 e. The molecule has 2 heteroatoms. The molecule has 8 rings (SSSR count). The monoisotopic (exact) mass is 382 g/mol. The van der Waals surface area contributed by atoms with Crippen molar-refractivity contribution < 1.29 is 8.83 Å². The van der Waals surface area contributed by atoms with Crippen LogP contribution in [-0.4, -0.2) is 0 Å². The normalized spacial score (nSPS) is 12.7. The molecule has 2 heterocycles. The third-order valence-electron chi connectivity index (χ3n) is 6.58. The molecule has 0 spiro atoms. The van der Waals surface area contributed by atoms with Crippen molar-refractivity contribution in [1.29, 1.82) is 0 Å². The minimum Gasteiger partial charge on any atom is -0.456 e. The lowest BCUT2D eigenvalue weighted by atomic mass is 9.91. The van der Waals surface area contributed by atoms with Gasteiger partial charge in [0.25, 0.3) is 0 Å². The Labute approximate surface area is 170 Å². The molecule has 0 saturated heterocycles. The van der Waals surface area contributed by atoms with Crippen molar-refractivity contribution in [1.82, 2.24) is 0 Å². The standard InChI is InChI=1S/C28H14O2/c1-3-7-22-17(5-1)21-13-15-9-10-16-14-24-27(18-6-2-4-8-23(18)29-24)19-11-12-20(28(21)30-22)26(15)25(16)19/h1-14H. The van der Waals surface area contributed by atoms with Crippen molar-refractivity contribution >= 4 is 76.2 Å². The Morgan fingerprint density at radius 1 is 0.400 bits per heavy atom. The SMILES string of the molecule is c1ccc2c(c1)oc1c2cc2ccc3cc4oc5ccccc5c4c4ccc1c2c34. The zero-order chi connectivity index (χ0) is 19.4. The molecule has 0 unspecified atom stereocenters. The molecule has 2 nitrogen and oxygen atoms in total. The van der Waals surface area contributed by atoms with E-state index in [1.165, 1.54) is 53.9 Å². The topological polar surface area (TPSA) is 26.3 Å². The molecule has 30 heavy (non-hydrogen) atoms. The first-order chi connectivity index (χ1) is 14.9. The van der Waals surface area contributed by atoms with E-state index in [1.807, 2.05) is 24.3 Å². The van der Waals surface area contributed by atoms with Gasteiger partial charge in [0.15, 0.2) is 0 Å². The maximum Gasteiger partial charge on any atom is 0.143 e. The maximum atomic E-state index is 6.33. The first-order valence-electron chi connectivity index (χ1n) is 10.2. The van der Waals surface area contributed by atoms with E-state index in [0.717, 1.165) is 22.3 Å². The van der Waals surface area contributed by atoms with Gasteiger partial charge in [0.2, 0.25) is 0 Å². The van der Waals surface area contributed by atoms with Gasteiger partial charge in [0.1, 0.15) is 22.3 Å². The number of hydrogen-bond donors (Lipinski definition) is 0. The summed E-state index contributed by atoms with van der Waals surface area (Å²) in [6.07, 6.45) is 0. The molecular weight excluding hydrogens is 368 g/mol. The van der Waals surface area contributed by atoms with Crippen LogP contribution in [0.1, 0.15) is 0 Å². The maximum absolute atomic E-state index is 6.33. The fourth-order valence-corrected chi connectivity index (χ4v) is 5.34. The third kappa shape index (κ3) is 1.63. The van der Waals surface area contributed by atoms with Crippen LogP contribution in [0.15, 0.2) is 93.8 Å². The number of hydrogen-bond acceptors (Lipinski definition) is 2. The van der Waals surface area contributed by atoms with Gasteiger partial charge in [-0.05, 0) is 51.9 Å². The van der Waals surface area contributed by atoms with E-state index in [9.17, 15) is 0 Å². The summed E-state index contributed by atoms with van der Waals surface area (Å²) < 4.78 is 12.5. The highest BCUT2D eigenvalue weighted by Crippen LogP contribution is 2.45. The number of benzene rings is 6. The highest BCUT2D eigenvalue weighted by Gasteiger charge is 2.19. The highest BCUT2D eigenvalue weighted by molar-refractivity contribution is 6.35. The van der Waals surface area contributed by atoms with Crippen LogP contribution in [0.2, 0.25) is 0 Å². The van der Waals surface area contributed by atoms with E-state index in [4.69, 9.17) is 8.83 Å². The first kappa shape index (κ1) is 14.9. The van der Waals surface area contributed by atoms with Crippen molar-refractivity contribution in [2.75, 3.05) is 0 Å². The molecule has 138 valence electrons. The second kappa shape index (κ2) is 4.92. The average Bonchev–Trinajstić information content (AvgIpc) is 3.35. The third-order valence-corrected chi connectivity index (χ3v) is 6.58. The average molecular weight is 382 g/mol. The van der Waals surface area contributed by atoms with E-state index in [-0.39, 0.29) is 0 Å². The molecule has 6 aromatic carbocycles. The van der Waals surface area contributed by atoms with Crippen LogP contribution in [0.25, 0.3) is 76.2 Å². The molecule has 0 fully saturated rings. The van der Waals surface area contributed by atoms with Crippen LogP contribution >= 0.6 is 0 Å². The fourth-order valence-electron chi connectivity index (χ4n) is 5.34. The Hall–Kier alpha value is -4.04. The van der Waals surface area contributed by atoms with Crippen molar-refractivity contribution in [3.05, 3.63) is 84.9 Å². The number of fused-ring (bicyclic) bond motifs is 8. The molecule has 0 N–H and O–H groups in total. The lowest BCUT2D eigenvalue weighted by Gasteiger charge is -2.12. The van der Waals surface area contributed by atoms with Gasteiger partial charge in [-0.1, -0.05) is 54.6 Å². The van der Waals surface area contributed by atoms with Gasteiger partial charge in [-0.2, -0.15) is 0 Å². The van der Waals surface area contributed by atoms with Crippen molar-refractivity contribution in [3.8, 4) is 0 Å². The molecule has 8 aromatic rings. The fraction of sp³-hybridized carbons (Fsp3) is 0. The predicted molar refractivity (Wildman–Crippen MR) is 125 cm³/mol. The summed E-state index contributed by atoms with van der Waals surface area (Å²) in [7, 11) is 0. The molecule has 0 amide bonds. The summed E-state index contributed by atoms with van der Waals surface area (Å²) in [6, 6.07) is 29.9. The second-order valence-corrected chi connectivity index (χ2v) is 8.12. The molecule has 2 aromatic heterocycles. The lowest BCUT2D eigenvalue weighted by molar-refractivity contribution is 0.669. The number of furan rings is 2. The molecule has 0 atom stereocenters. The van der Waals surface area contributed by atoms with E-state index in [1.54, 1.807) is 0 Å². The van der Waals surface area contributed by atoms with Gasteiger partial charge in [-0.3, -0.25) is 0 Å². The molecule has 0 aliphatic heterocycles. The summed E-state index contributed by atoms with van der Waals surface area (Å²) in [5, 5.41) is 12.1. The smallest absolute Gasteiger partial charge is 0.143 e. The Kier molecular flexibility index (Phi) is 2.44. The van der Waals surface area contributed by atoms with Crippen molar-refractivity contribution in [2.45, 2.75) is 0 Å². The minimum absolute atomic E-state index is 0.933. The van der Waals surface area contributed by atoms with Crippen molar-refractivity contribution in [2.24, 2.45) is 0 Å². The quantitative estimate of drug-likeness (QED) is 0.246. The van der Waals surface area contributed by atoms with Gasteiger partial charge in [-0.25, -0.2) is 0 Å². The van der Waals surface area contributed by atoms with Crippen LogP contribution in [-0.2, 0) is 0 Å². The van der Waals surface area contributed by atoms with Crippen LogP contribution in [0.4, 0.5) is 0 Å². The Morgan fingerprint density at radius 3 is 1.93 bits per heavy atom. The van der Waals surface area contributed by atoms with Gasteiger partial charge in [0, 0.05) is 32.3 Å². The molecule has 0 saturated carbocycles. The molecular formula is C28H14O2. The molecule has 0 bridgehead atoms. The van der Waals surface area contributed by atoms with Crippen LogP contribution in [0.3, 0.4) is 0 Å². The van der Waals surface area contributed by atoms with E-state index in [2.05, 4.69) is 60.7 Å². The van der Waals surface area contributed by atoms with Gasteiger partial charge in [0.05, 0.1) is 0 Å². The van der Waals surface area contributed by atoms with E-state index < -0.39 is 0 Å². The van der Waals surface area contributed by atoms with Crippen LogP contribution in [0, 0.1) is 0 Å². The summed E-state index contributed by atoms with van der Waals surface area (Å²) in [5.74, 6) is 0. The molecule has 0 aliphatic carbocycles. The summed E-state index contributed by atoms with van der Waals surface area (Å²) in [4.78, 5) is 0. The van der Waals surface area contributed by atoms with Crippen molar-refractivity contribution in [3.63, 3.8) is 0 Å². The van der Waals surface area contributed by atoms with Gasteiger partial charge >= 0.3 is 0 Å². The van der Waals surface area contributed by atoms with E-state index in [0.29, 0.717) is 0 Å². The summed E-state index contributed by atoms with van der Waals surface area (Å²) >= 11 is 0. The zero-order valence-electron chi connectivity index (χ0n) is 15.9. The summed E-state index contributed by atoms with van der Waals surface area (Å²) in [5.41, 5.74) is 3.78. The number of rotatable bonds is 0. The molecule has 0 radical (unpaired) electrons. The van der Waals surface area contributed by atoms with Crippen LogP contribution in [0.5, 0.6) is 0 Å². The van der Waals surface area contributed by atoms with Crippen LogP contribution < -0.4 is 0 Å².